The third-order valence-electron chi connectivity index (χ3n) is 3.95. The van der Waals surface area contributed by atoms with Crippen LogP contribution in [0, 0.1) is 24.2 Å². The van der Waals surface area contributed by atoms with Crippen molar-refractivity contribution in [2.45, 2.75) is 33.4 Å². The molecule has 0 unspecified atom stereocenters. The van der Waals surface area contributed by atoms with Gasteiger partial charge in [0, 0.05) is 5.56 Å². The molecular weight excluding hydrogens is 328 g/mol. The maximum Gasteiger partial charge on any atom is 0.329 e. The molecule has 0 heterocycles. The largest absolute Gasteiger partial charge is 0.459 e. The van der Waals surface area contributed by atoms with Crippen LogP contribution in [0.1, 0.15) is 40.9 Å². The number of nitrogens with zero attached hydrogens (tertiary/aromatic N) is 1. The number of aryl methyl sites for hydroxylation is 1. The molecule has 2 aromatic carbocycles. The van der Waals surface area contributed by atoms with Crippen LogP contribution in [0.15, 0.2) is 48.5 Å². The lowest BCUT2D eigenvalue weighted by Crippen LogP contribution is -2.45. The van der Waals surface area contributed by atoms with E-state index in [-0.39, 0.29) is 18.4 Å². The van der Waals surface area contributed by atoms with Crippen molar-refractivity contribution in [1.29, 1.82) is 5.26 Å². The van der Waals surface area contributed by atoms with Crippen molar-refractivity contribution in [3.8, 4) is 6.07 Å². The fraction of sp³-hybridized carbons (Fsp3) is 0.286. The van der Waals surface area contributed by atoms with E-state index in [2.05, 4.69) is 5.32 Å². The van der Waals surface area contributed by atoms with Gasteiger partial charge in [0.1, 0.15) is 12.6 Å². The number of nitriles is 1. The van der Waals surface area contributed by atoms with Gasteiger partial charge in [-0.25, -0.2) is 4.79 Å². The highest BCUT2D eigenvalue weighted by Crippen LogP contribution is 2.11. The highest BCUT2D eigenvalue weighted by Gasteiger charge is 2.26. The summed E-state index contributed by atoms with van der Waals surface area (Å²) in [5.41, 5.74) is 2.81. The van der Waals surface area contributed by atoms with Crippen LogP contribution in [0.3, 0.4) is 0 Å². The van der Waals surface area contributed by atoms with Crippen LogP contribution in [0.25, 0.3) is 0 Å². The number of amides is 1. The van der Waals surface area contributed by atoms with Crippen LogP contribution in [0.2, 0.25) is 0 Å². The molecule has 0 aliphatic rings. The molecule has 0 radical (unpaired) electrons. The van der Waals surface area contributed by atoms with Crippen LogP contribution in [0.5, 0.6) is 0 Å². The van der Waals surface area contributed by atoms with Crippen molar-refractivity contribution in [3.05, 3.63) is 70.8 Å². The van der Waals surface area contributed by atoms with Gasteiger partial charge in [-0.15, -0.1) is 0 Å². The molecule has 1 N–H and O–H groups in total. The standard InChI is InChI=1S/C21H22N2O3/c1-14(2)19(23-20(24)18-6-4-5-15(3)11-18)21(25)26-13-17-9-7-16(12-22)8-10-17/h4-11,14,19H,13H2,1-3H3,(H,23,24)/t19-/m0/s1. The molecule has 0 aliphatic heterocycles. The van der Waals surface area contributed by atoms with E-state index in [1.165, 1.54) is 0 Å². The van der Waals surface area contributed by atoms with E-state index in [9.17, 15) is 9.59 Å². The van der Waals surface area contributed by atoms with Crippen molar-refractivity contribution >= 4 is 11.9 Å². The van der Waals surface area contributed by atoms with Gasteiger partial charge in [0.15, 0.2) is 0 Å². The molecule has 26 heavy (non-hydrogen) atoms. The highest BCUT2D eigenvalue weighted by atomic mass is 16.5. The Hall–Kier alpha value is -3.13. The monoisotopic (exact) mass is 350 g/mol. The lowest BCUT2D eigenvalue weighted by atomic mass is 10.0. The van der Waals surface area contributed by atoms with Crippen molar-refractivity contribution in [2.24, 2.45) is 5.92 Å². The van der Waals surface area contributed by atoms with Gasteiger partial charge >= 0.3 is 5.97 Å². The second-order valence-electron chi connectivity index (χ2n) is 6.48. The molecule has 0 saturated heterocycles. The molecule has 1 atom stereocenters. The van der Waals surface area contributed by atoms with Crippen LogP contribution in [0.4, 0.5) is 0 Å². The maximum atomic E-state index is 12.4. The fourth-order valence-electron chi connectivity index (χ4n) is 2.43. The molecule has 0 aliphatic carbocycles. The van der Waals surface area contributed by atoms with Gasteiger partial charge in [0.2, 0.25) is 0 Å². The van der Waals surface area contributed by atoms with Gasteiger partial charge in [-0.05, 0) is 42.7 Å². The minimum Gasteiger partial charge on any atom is -0.459 e. The Kier molecular flexibility index (Phi) is 6.51. The van der Waals surface area contributed by atoms with Crippen LogP contribution < -0.4 is 5.32 Å². The van der Waals surface area contributed by atoms with Crippen molar-refractivity contribution < 1.29 is 14.3 Å². The predicted octanol–water partition coefficient (Wildman–Crippen LogP) is 3.36. The van der Waals surface area contributed by atoms with Gasteiger partial charge in [-0.3, -0.25) is 4.79 Å². The van der Waals surface area contributed by atoms with E-state index in [4.69, 9.17) is 10.00 Å². The van der Waals surface area contributed by atoms with E-state index in [0.717, 1.165) is 11.1 Å². The van der Waals surface area contributed by atoms with Gasteiger partial charge < -0.3 is 10.1 Å². The normalized spacial score (nSPS) is 11.5. The first kappa shape index (κ1) is 19.2. The second-order valence-corrected chi connectivity index (χ2v) is 6.48. The summed E-state index contributed by atoms with van der Waals surface area (Å²) in [4.78, 5) is 24.8. The molecule has 0 bridgehead atoms. The van der Waals surface area contributed by atoms with Gasteiger partial charge in [0.25, 0.3) is 5.91 Å². The number of carbonyl (C=O) groups excluding carboxylic acids is 2. The Labute approximate surface area is 153 Å². The number of esters is 1. The Morgan fingerprint density at radius 1 is 1.15 bits per heavy atom. The molecule has 1 amide bonds. The van der Waals surface area contributed by atoms with Gasteiger partial charge in [-0.2, -0.15) is 5.26 Å². The molecule has 0 fully saturated rings. The molecule has 5 heteroatoms. The summed E-state index contributed by atoms with van der Waals surface area (Å²) in [6.45, 7) is 5.70. The van der Waals surface area contributed by atoms with Gasteiger partial charge in [-0.1, -0.05) is 43.7 Å². The summed E-state index contributed by atoms with van der Waals surface area (Å²) in [5, 5.41) is 11.6. The first-order chi connectivity index (χ1) is 12.4. The summed E-state index contributed by atoms with van der Waals surface area (Å²) in [6, 6.07) is 15.3. The van der Waals surface area contributed by atoms with Crippen LogP contribution in [-0.4, -0.2) is 17.9 Å². The van der Waals surface area contributed by atoms with Crippen molar-refractivity contribution in [2.75, 3.05) is 0 Å². The minimum absolute atomic E-state index is 0.0913. The number of rotatable bonds is 6. The molecular formula is C21H22N2O3. The number of hydrogen-bond acceptors (Lipinski definition) is 4. The Balaban J connectivity index is 2.00. The van der Waals surface area contributed by atoms with E-state index >= 15 is 0 Å². The Bertz CT molecular complexity index is 820. The molecule has 2 aromatic rings. The first-order valence-corrected chi connectivity index (χ1v) is 8.44. The Morgan fingerprint density at radius 2 is 1.85 bits per heavy atom. The van der Waals surface area contributed by atoms with E-state index in [0.29, 0.717) is 11.1 Å². The molecule has 2 rings (SSSR count). The second kappa shape index (κ2) is 8.82. The van der Waals surface area contributed by atoms with Crippen molar-refractivity contribution in [1.82, 2.24) is 5.32 Å². The average Bonchev–Trinajstić information content (AvgIpc) is 2.64. The van der Waals surface area contributed by atoms with Crippen molar-refractivity contribution in [3.63, 3.8) is 0 Å². The van der Waals surface area contributed by atoms with E-state index in [1.807, 2.05) is 32.9 Å². The van der Waals surface area contributed by atoms with Crippen LogP contribution >= 0.6 is 0 Å². The molecule has 0 spiro atoms. The lowest BCUT2D eigenvalue weighted by molar-refractivity contribution is -0.148. The maximum absolute atomic E-state index is 12.4. The summed E-state index contributed by atoms with van der Waals surface area (Å²) in [5.74, 6) is -0.898. The predicted molar refractivity (Wildman–Crippen MR) is 98.2 cm³/mol. The first-order valence-electron chi connectivity index (χ1n) is 8.44. The quantitative estimate of drug-likeness (QED) is 0.810. The third kappa shape index (κ3) is 5.18. The molecule has 0 saturated carbocycles. The Morgan fingerprint density at radius 3 is 2.42 bits per heavy atom. The number of benzene rings is 2. The minimum atomic E-state index is -0.735. The number of ether oxygens (including phenoxy) is 1. The summed E-state index contributed by atoms with van der Waals surface area (Å²) in [7, 11) is 0. The topological polar surface area (TPSA) is 79.2 Å². The molecule has 134 valence electrons. The zero-order valence-corrected chi connectivity index (χ0v) is 15.2. The zero-order chi connectivity index (χ0) is 19.1. The smallest absolute Gasteiger partial charge is 0.329 e. The van der Waals surface area contributed by atoms with E-state index < -0.39 is 12.0 Å². The fourth-order valence-corrected chi connectivity index (χ4v) is 2.43. The number of hydrogen-bond donors (Lipinski definition) is 1. The molecule has 0 aromatic heterocycles. The zero-order valence-electron chi connectivity index (χ0n) is 15.2. The molecule has 5 nitrogen and oxygen atoms in total. The number of nitrogens with one attached hydrogen (secondary N) is 1. The summed E-state index contributed by atoms with van der Waals surface area (Å²) in [6.07, 6.45) is 0. The highest BCUT2D eigenvalue weighted by molar-refractivity contribution is 5.97. The summed E-state index contributed by atoms with van der Waals surface area (Å²) < 4.78 is 5.35. The lowest BCUT2D eigenvalue weighted by Gasteiger charge is -2.21. The van der Waals surface area contributed by atoms with Gasteiger partial charge in [0.05, 0.1) is 11.6 Å². The average molecular weight is 350 g/mol. The van der Waals surface area contributed by atoms with Crippen LogP contribution in [-0.2, 0) is 16.1 Å². The third-order valence-corrected chi connectivity index (χ3v) is 3.95. The van der Waals surface area contributed by atoms with E-state index in [1.54, 1.807) is 42.5 Å². The SMILES string of the molecule is Cc1cccc(C(=O)N[C@H](C(=O)OCc2ccc(C#N)cc2)C(C)C)c1. The number of carbonyl (C=O) groups is 2. The summed E-state index contributed by atoms with van der Waals surface area (Å²) >= 11 is 0.